The van der Waals surface area contributed by atoms with E-state index in [2.05, 4.69) is 20.3 Å². The van der Waals surface area contributed by atoms with Gasteiger partial charge in [0.15, 0.2) is 12.2 Å². The molecule has 1 saturated heterocycles. The fourth-order valence-electron chi connectivity index (χ4n) is 4.81. The van der Waals surface area contributed by atoms with Crippen molar-refractivity contribution in [2.45, 2.75) is 25.2 Å². The number of carbonyl (C=O) groups excluding carboxylic acids is 2. The smallest absolute Gasteiger partial charge is 0.275 e. The number of nitrogens with zero attached hydrogens (tertiary/aromatic N) is 3. The molecule has 186 valence electrons. The molecule has 4 heterocycles. The van der Waals surface area contributed by atoms with E-state index in [-0.39, 0.29) is 17.7 Å². The Kier molecular flexibility index (Phi) is 6.28. The average Bonchev–Trinajstić information content (AvgIpc) is 3.71. The van der Waals surface area contributed by atoms with Crippen LogP contribution < -0.4 is 5.32 Å². The first-order chi connectivity index (χ1) is 18.1. The molecule has 0 atom stereocenters. The molecule has 8 nitrogen and oxygen atoms in total. The molecule has 3 aromatic heterocycles. The summed E-state index contributed by atoms with van der Waals surface area (Å²) in [6.07, 6.45) is 7.02. The van der Waals surface area contributed by atoms with Crippen LogP contribution in [0.1, 0.15) is 39.8 Å². The molecular formula is C28H25N5O3S. The van der Waals surface area contributed by atoms with Crippen LogP contribution in [0.2, 0.25) is 0 Å². The molecule has 1 aliphatic heterocycles. The van der Waals surface area contributed by atoms with E-state index < -0.39 is 0 Å². The Balaban J connectivity index is 1.05. The fourth-order valence-corrected chi connectivity index (χ4v) is 5.78. The van der Waals surface area contributed by atoms with Gasteiger partial charge >= 0.3 is 0 Å². The second-order valence-corrected chi connectivity index (χ2v) is 10.1. The summed E-state index contributed by atoms with van der Waals surface area (Å²) in [6.45, 7) is 1.39. The maximum Gasteiger partial charge on any atom is 0.275 e. The number of likely N-dealkylation sites (tertiary alicyclic amines) is 1. The number of anilines is 1. The topological polar surface area (TPSA) is 104 Å². The van der Waals surface area contributed by atoms with Gasteiger partial charge < -0.3 is 19.6 Å². The molecule has 0 radical (unpaired) electrons. The largest absolute Gasteiger partial charge is 0.444 e. The van der Waals surface area contributed by atoms with Gasteiger partial charge in [0.2, 0.25) is 5.91 Å². The first-order valence-electron chi connectivity index (χ1n) is 12.2. The summed E-state index contributed by atoms with van der Waals surface area (Å²) in [6, 6.07) is 15.5. The minimum atomic E-state index is -0.247. The lowest BCUT2D eigenvalue weighted by Crippen LogP contribution is -2.38. The van der Waals surface area contributed by atoms with Crippen molar-refractivity contribution in [2.75, 3.05) is 18.4 Å². The molecular weight excluding hydrogens is 486 g/mol. The first-order valence-corrected chi connectivity index (χ1v) is 13.1. The monoisotopic (exact) mass is 511 g/mol. The van der Waals surface area contributed by atoms with Crippen molar-refractivity contribution in [1.29, 1.82) is 0 Å². The van der Waals surface area contributed by atoms with Crippen molar-refractivity contribution in [3.05, 3.63) is 89.0 Å². The van der Waals surface area contributed by atoms with Crippen molar-refractivity contribution >= 4 is 39.7 Å². The second-order valence-electron chi connectivity index (χ2n) is 9.16. The number of benzene rings is 2. The summed E-state index contributed by atoms with van der Waals surface area (Å²) >= 11 is 1.51. The molecule has 1 aliphatic rings. The maximum absolute atomic E-state index is 13.0. The van der Waals surface area contributed by atoms with Crippen molar-refractivity contribution in [2.24, 2.45) is 0 Å². The highest BCUT2D eigenvalue weighted by Crippen LogP contribution is 2.31. The van der Waals surface area contributed by atoms with Gasteiger partial charge in [-0.25, -0.2) is 9.97 Å². The van der Waals surface area contributed by atoms with E-state index >= 15 is 0 Å². The molecule has 0 bridgehead atoms. The van der Waals surface area contributed by atoms with E-state index in [0.29, 0.717) is 36.7 Å². The Morgan fingerprint density at radius 3 is 2.84 bits per heavy atom. The predicted octanol–water partition coefficient (Wildman–Crippen LogP) is 5.48. The number of nitrogens with one attached hydrogen (secondary N) is 2. The summed E-state index contributed by atoms with van der Waals surface area (Å²) in [5.74, 6) is 0.787. The normalized spacial score (nSPS) is 14.2. The number of hydrogen-bond donors (Lipinski definition) is 2. The summed E-state index contributed by atoms with van der Waals surface area (Å²) in [7, 11) is 0. The molecule has 0 unspecified atom stereocenters. The van der Waals surface area contributed by atoms with E-state index in [0.717, 1.165) is 39.9 Å². The lowest BCUT2D eigenvalue weighted by atomic mass is 9.97. The fraction of sp³-hybridized carbons (Fsp3) is 0.214. The van der Waals surface area contributed by atoms with E-state index in [1.807, 2.05) is 59.6 Å². The number of piperidine rings is 1. The van der Waals surface area contributed by atoms with Crippen molar-refractivity contribution in [3.8, 4) is 11.3 Å². The Bertz CT molecular complexity index is 1550. The zero-order chi connectivity index (χ0) is 25.2. The summed E-state index contributed by atoms with van der Waals surface area (Å²) in [4.78, 5) is 39.6. The molecule has 9 heteroatoms. The predicted molar refractivity (Wildman–Crippen MR) is 143 cm³/mol. The molecule has 0 saturated carbocycles. The highest BCUT2D eigenvalue weighted by atomic mass is 32.1. The zero-order valence-corrected chi connectivity index (χ0v) is 20.8. The van der Waals surface area contributed by atoms with Crippen LogP contribution >= 0.6 is 11.3 Å². The Hall–Kier alpha value is -4.24. The highest BCUT2D eigenvalue weighted by Gasteiger charge is 2.27. The van der Waals surface area contributed by atoms with Crippen LogP contribution in [0.25, 0.3) is 22.2 Å². The molecule has 0 aliphatic carbocycles. The number of thiazole rings is 1. The summed E-state index contributed by atoms with van der Waals surface area (Å²) < 4.78 is 5.34. The van der Waals surface area contributed by atoms with Gasteiger partial charge in [-0.15, -0.1) is 11.3 Å². The minimum absolute atomic E-state index is 0.148. The molecule has 0 spiro atoms. The summed E-state index contributed by atoms with van der Waals surface area (Å²) in [5, 5.41) is 6.77. The minimum Gasteiger partial charge on any atom is -0.444 e. The van der Waals surface area contributed by atoms with Crippen LogP contribution in [0.5, 0.6) is 0 Å². The number of aromatic nitrogens is 3. The van der Waals surface area contributed by atoms with Gasteiger partial charge in [0.25, 0.3) is 5.91 Å². The van der Waals surface area contributed by atoms with Crippen LogP contribution in [0.4, 0.5) is 5.69 Å². The Morgan fingerprint density at radius 1 is 1.14 bits per heavy atom. The van der Waals surface area contributed by atoms with Gasteiger partial charge in [-0.2, -0.15) is 0 Å². The van der Waals surface area contributed by atoms with Crippen LogP contribution in [-0.2, 0) is 11.2 Å². The average molecular weight is 512 g/mol. The number of fused-ring (bicyclic) bond motifs is 1. The lowest BCUT2D eigenvalue weighted by molar-refractivity contribution is -0.131. The number of carbonyl (C=O) groups is 2. The third-order valence-corrected chi connectivity index (χ3v) is 7.81. The number of hydrogen-bond acceptors (Lipinski definition) is 6. The van der Waals surface area contributed by atoms with Crippen LogP contribution in [-0.4, -0.2) is 44.8 Å². The van der Waals surface area contributed by atoms with Crippen LogP contribution in [0.15, 0.2) is 77.1 Å². The van der Waals surface area contributed by atoms with Crippen molar-refractivity contribution in [3.63, 3.8) is 0 Å². The first kappa shape index (κ1) is 23.2. The molecule has 2 N–H and O–H groups in total. The number of para-hydroxylation sites is 1. The van der Waals surface area contributed by atoms with Crippen LogP contribution in [0, 0.1) is 0 Å². The van der Waals surface area contributed by atoms with Gasteiger partial charge in [0.1, 0.15) is 5.69 Å². The third kappa shape index (κ3) is 4.90. The number of H-pyrrole nitrogens is 1. The standard InChI is InChI=1S/C28H25N5O3S/c34-26(13-20-14-30-23-7-2-1-6-22(20)23)33-10-8-18(9-11-33)28-32-24(16-37-28)27(35)31-21-5-3-4-19(12-21)25-15-29-17-36-25/h1-7,12,14-18,30H,8-11,13H2,(H,31,35). The molecule has 5 aromatic rings. The number of rotatable bonds is 6. The SMILES string of the molecule is O=C(Nc1cccc(-c2cnco2)c1)c1csc(C2CCN(C(=O)Cc3c[nH]c4ccccc34)CC2)n1. The van der Waals surface area contributed by atoms with Crippen molar-refractivity contribution in [1.82, 2.24) is 19.9 Å². The number of aromatic amines is 1. The van der Waals surface area contributed by atoms with Gasteiger partial charge in [-0.05, 0) is 36.6 Å². The summed E-state index contributed by atoms with van der Waals surface area (Å²) in [5.41, 5.74) is 3.98. The van der Waals surface area contributed by atoms with E-state index in [9.17, 15) is 9.59 Å². The number of oxazole rings is 1. The number of amides is 2. The quantitative estimate of drug-likeness (QED) is 0.314. The zero-order valence-electron chi connectivity index (χ0n) is 20.0. The third-order valence-electron chi connectivity index (χ3n) is 6.81. The van der Waals surface area contributed by atoms with Gasteiger partial charge in [0, 0.05) is 52.7 Å². The Morgan fingerprint density at radius 2 is 2.00 bits per heavy atom. The molecule has 37 heavy (non-hydrogen) atoms. The highest BCUT2D eigenvalue weighted by molar-refractivity contribution is 7.10. The van der Waals surface area contributed by atoms with Gasteiger partial charge in [-0.1, -0.05) is 30.3 Å². The van der Waals surface area contributed by atoms with Gasteiger partial charge in [-0.3, -0.25) is 9.59 Å². The van der Waals surface area contributed by atoms with Crippen molar-refractivity contribution < 1.29 is 14.0 Å². The molecule has 1 fully saturated rings. The molecule has 2 aromatic carbocycles. The van der Waals surface area contributed by atoms with Crippen LogP contribution in [0.3, 0.4) is 0 Å². The molecule has 6 rings (SSSR count). The Labute approximate surface area is 217 Å². The van der Waals surface area contributed by atoms with E-state index in [1.54, 1.807) is 11.6 Å². The maximum atomic E-state index is 13.0. The molecule has 2 amide bonds. The van der Waals surface area contributed by atoms with Gasteiger partial charge in [0.05, 0.1) is 17.6 Å². The van der Waals surface area contributed by atoms with E-state index in [4.69, 9.17) is 4.42 Å². The van der Waals surface area contributed by atoms with E-state index in [1.165, 1.54) is 17.7 Å². The lowest BCUT2D eigenvalue weighted by Gasteiger charge is -2.31. The second kappa shape index (κ2) is 10.0.